The standard InChI is InChI=1S/C21H29N3O5/c1-13(2)17(24-21(28)29-12-14-7-4-3-5-8-14)20(27)23-18(19(22)26)15-9-6-10-16(25)11-15/h3-5,7-8,13,15,17-18H,6,9-12H2,1-2H3,(H2,22,26)(H,23,27)(H,24,28)/t15-,17-,18+/m0/s1. The number of primary amides is 1. The van der Waals surface area contributed by atoms with E-state index in [0.717, 1.165) is 5.56 Å². The van der Waals surface area contributed by atoms with Gasteiger partial charge in [-0.2, -0.15) is 0 Å². The van der Waals surface area contributed by atoms with Crippen LogP contribution < -0.4 is 16.4 Å². The van der Waals surface area contributed by atoms with Crippen molar-refractivity contribution in [2.45, 2.75) is 58.2 Å². The number of benzene rings is 1. The Hall–Kier alpha value is -2.90. The van der Waals surface area contributed by atoms with Crippen molar-refractivity contribution in [3.8, 4) is 0 Å². The molecule has 0 aliphatic heterocycles. The van der Waals surface area contributed by atoms with Crippen LogP contribution in [0.5, 0.6) is 0 Å². The van der Waals surface area contributed by atoms with Gasteiger partial charge in [0.15, 0.2) is 0 Å². The Morgan fingerprint density at radius 1 is 1.17 bits per heavy atom. The van der Waals surface area contributed by atoms with E-state index in [2.05, 4.69) is 10.6 Å². The molecule has 0 saturated heterocycles. The number of ketones is 1. The van der Waals surface area contributed by atoms with E-state index in [4.69, 9.17) is 10.5 Å². The van der Waals surface area contributed by atoms with Gasteiger partial charge in [0.05, 0.1) is 0 Å². The molecule has 8 heteroatoms. The molecule has 3 amide bonds. The molecule has 1 fully saturated rings. The highest BCUT2D eigenvalue weighted by atomic mass is 16.5. The number of carbonyl (C=O) groups is 4. The number of ether oxygens (including phenoxy) is 1. The number of rotatable bonds is 8. The maximum absolute atomic E-state index is 12.8. The van der Waals surface area contributed by atoms with E-state index < -0.39 is 30.0 Å². The van der Waals surface area contributed by atoms with Crippen LogP contribution >= 0.6 is 0 Å². The number of nitrogens with two attached hydrogens (primary N) is 1. The molecule has 0 heterocycles. The molecule has 2 rings (SSSR count). The van der Waals surface area contributed by atoms with Crippen LogP contribution in [0.25, 0.3) is 0 Å². The Labute approximate surface area is 170 Å². The summed E-state index contributed by atoms with van der Waals surface area (Å²) in [6.45, 7) is 3.61. The summed E-state index contributed by atoms with van der Waals surface area (Å²) < 4.78 is 5.18. The lowest BCUT2D eigenvalue weighted by molar-refractivity contribution is -0.132. The summed E-state index contributed by atoms with van der Waals surface area (Å²) in [5.41, 5.74) is 6.30. The fourth-order valence-corrected chi connectivity index (χ4v) is 3.43. The van der Waals surface area contributed by atoms with Gasteiger partial charge in [-0.25, -0.2) is 4.79 Å². The summed E-state index contributed by atoms with van der Waals surface area (Å²) in [5.74, 6) is -1.73. The minimum absolute atomic E-state index is 0.0600. The molecule has 8 nitrogen and oxygen atoms in total. The van der Waals surface area contributed by atoms with Crippen molar-refractivity contribution in [3.63, 3.8) is 0 Å². The lowest BCUT2D eigenvalue weighted by Crippen LogP contribution is -2.57. The molecule has 1 aromatic rings. The van der Waals surface area contributed by atoms with Crippen molar-refractivity contribution in [2.24, 2.45) is 17.6 Å². The zero-order valence-electron chi connectivity index (χ0n) is 16.9. The second-order valence-electron chi connectivity index (χ2n) is 7.71. The molecular formula is C21H29N3O5. The molecule has 0 spiro atoms. The average Bonchev–Trinajstić information content (AvgIpc) is 2.68. The third kappa shape index (κ3) is 6.89. The zero-order chi connectivity index (χ0) is 21.4. The highest BCUT2D eigenvalue weighted by molar-refractivity contribution is 5.91. The third-order valence-corrected chi connectivity index (χ3v) is 5.03. The summed E-state index contributed by atoms with van der Waals surface area (Å²) in [5, 5.41) is 5.18. The first-order chi connectivity index (χ1) is 13.8. The average molecular weight is 403 g/mol. The molecule has 1 saturated carbocycles. The van der Waals surface area contributed by atoms with E-state index in [-0.39, 0.29) is 30.6 Å². The molecule has 3 atom stereocenters. The minimum atomic E-state index is -0.949. The van der Waals surface area contributed by atoms with Crippen molar-refractivity contribution in [2.75, 3.05) is 0 Å². The number of amides is 3. The fraction of sp³-hybridized carbons (Fsp3) is 0.524. The van der Waals surface area contributed by atoms with E-state index >= 15 is 0 Å². The van der Waals surface area contributed by atoms with Crippen molar-refractivity contribution in [1.82, 2.24) is 10.6 Å². The van der Waals surface area contributed by atoms with Crippen LogP contribution in [0.15, 0.2) is 30.3 Å². The van der Waals surface area contributed by atoms with Gasteiger partial charge in [-0.3, -0.25) is 14.4 Å². The summed E-state index contributed by atoms with van der Waals surface area (Å²) >= 11 is 0. The van der Waals surface area contributed by atoms with Crippen molar-refractivity contribution < 1.29 is 23.9 Å². The first kappa shape index (κ1) is 22.4. The Kier molecular flexibility index (Phi) is 8.18. The van der Waals surface area contributed by atoms with Crippen LogP contribution in [0.3, 0.4) is 0 Å². The highest BCUT2D eigenvalue weighted by Gasteiger charge is 2.34. The van der Waals surface area contributed by atoms with Gasteiger partial charge in [0.2, 0.25) is 11.8 Å². The first-order valence-electron chi connectivity index (χ1n) is 9.86. The van der Waals surface area contributed by atoms with Gasteiger partial charge < -0.3 is 21.1 Å². The van der Waals surface area contributed by atoms with Crippen molar-refractivity contribution in [1.29, 1.82) is 0 Å². The fourth-order valence-electron chi connectivity index (χ4n) is 3.43. The molecule has 1 aliphatic rings. The Balaban J connectivity index is 1.96. The quantitative estimate of drug-likeness (QED) is 0.608. The van der Waals surface area contributed by atoms with Crippen LogP contribution in [0.2, 0.25) is 0 Å². The largest absolute Gasteiger partial charge is 0.445 e. The van der Waals surface area contributed by atoms with Gasteiger partial charge in [-0.05, 0) is 30.2 Å². The van der Waals surface area contributed by atoms with Crippen LogP contribution in [0, 0.1) is 11.8 Å². The monoisotopic (exact) mass is 403 g/mol. The Morgan fingerprint density at radius 3 is 2.45 bits per heavy atom. The number of hydrogen-bond donors (Lipinski definition) is 3. The number of carbonyl (C=O) groups excluding carboxylic acids is 4. The Morgan fingerprint density at radius 2 is 1.86 bits per heavy atom. The zero-order valence-corrected chi connectivity index (χ0v) is 16.9. The summed E-state index contributed by atoms with van der Waals surface area (Å²) in [4.78, 5) is 48.5. The van der Waals surface area contributed by atoms with Gasteiger partial charge in [-0.1, -0.05) is 44.2 Å². The number of hydrogen-bond acceptors (Lipinski definition) is 5. The topological polar surface area (TPSA) is 128 Å². The predicted octanol–water partition coefficient (Wildman–Crippen LogP) is 1.67. The molecular weight excluding hydrogens is 374 g/mol. The minimum Gasteiger partial charge on any atom is -0.445 e. The van der Waals surface area contributed by atoms with Crippen LogP contribution in [0.4, 0.5) is 4.79 Å². The number of nitrogens with one attached hydrogen (secondary N) is 2. The van der Waals surface area contributed by atoms with Gasteiger partial charge in [-0.15, -0.1) is 0 Å². The van der Waals surface area contributed by atoms with Crippen molar-refractivity contribution >= 4 is 23.7 Å². The molecule has 0 bridgehead atoms. The molecule has 4 N–H and O–H groups in total. The summed E-state index contributed by atoms with van der Waals surface area (Å²) in [7, 11) is 0. The Bertz CT molecular complexity index is 735. The third-order valence-electron chi connectivity index (χ3n) is 5.03. The van der Waals surface area contributed by atoms with Crippen LogP contribution in [0.1, 0.15) is 45.1 Å². The molecule has 0 unspecified atom stereocenters. The predicted molar refractivity (Wildman–Crippen MR) is 106 cm³/mol. The lowest BCUT2D eigenvalue weighted by Gasteiger charge is -2.30. The van der Waals surface area contributed by atoms with Gasteiger partial charge >= 0.3 is 6.09 Å². The maximum atomic E-state index is 12.8. The van der Waals surface area contributed by atoms with Crippen LogP contribution in [-0.4, -0.2) is 35.8 Å². The molecule has 0 aromatic heterocycles. The SMILES string of the molecule is CC(C)[C@H](NC(=O)OCc1ccccc1)C(=O)N[C@@H](C(N)=O)[C@H]1CCCC(=O)C1. The van der Waals surface area contributed by atoms with Crippen LogP contribution in [-0.2, 0) is 25.7 Å². The second kappa shape index (κ2) is 10.6. The van der Waals surface area contributed by atoms with E-state index in [1.807, 2.05) is 30.3 Å². The smallest absolute Gasteiger partial charge is 0.408 e. The summed E-state index contributed by atoms with van der Waals surface area (Å²) in [6.07, 6.45) is 1.28. The normalized spacial score (nSPS) is 18.6. The summed E-state index contributed by atoms with van der Waals surface area (Å²) in [6, 6.07) is 7.32. The number of Topliss-reactive ketones (excluding diaryl/α,β-unsaturated/α-hetero) is 1. The second-order valence-corrected chi connectivity index (χ2v) is 7.71. The highest BCUT2D eigenvalue weighted by Crippen LogP contribution is 2.24. The molecule has 0 radical (unpaired) electrons. The van der Waals surface area contributed by atoms with E-state index in [1.165, 1.54) is 0 Å². The molecule has 1 aliphatic carbocycles. The van der Waals surface area contributed by atoms with E-state index in [0.29, 0.717) is 19.3 Å². The maximum Gasteiger partial charge on any atom is 0.408 e. The molecule has 158 valence electrons. The van der Waals surface area contributed by atoms with Crippen molar-refractivity contribution in [3.05, 3.63) is 35.9 Å². The van der Waals surface area contributed by atoms with Gasteiger partial charge in [0, 0.05) is 12.8 Å². The van der Waals surface area contributed by atoms with Gasteiger partial charge in [0.1, 0.15) is 24.5 Å². The van der Waals surface area contributed by atoms with E-state index in [1.54, 1.807) is 13.8 Å². The van der Waals surface area contributed by atoms with Gasteiger partial charge in [0.25, 0.3) is 0 Å². The molecule has 1 aromatic carbocycles. The first-order valence-corrected chi connectivity index (χ1v) is 9.86. The lowest BCUT2D eigenvalue weighted by atomic mass is 9.82. The number of alkyl carbamates (subject to hydrolysis) is 1. The van der Waals surface area contributed by atoms with E-state index in [9.17, 15) is 19.2 Å². The molecule has 29 heavy (non-hydrogen) atoms.